The molecule has 156 valence electrons. The van der Waals surface area contributed by atoms with Gasteiger partial charge in [-0.2, -0.15) is 5.10 Å². The average Bonchev–Trinajstić information content (AvgIpc) is 3.22. The summed E-state index contributed by atoms with van der Waals surface area (Å²) in [7, 11) is 0. The first-order valence-corrected chi connectivity index (χ1v) is 11.0. The minimum atomic E-state index is 0.745. The normalized spacial score (nSPS) is 19.3. The molecule has 0 radical (unpaired) electrons. The van der Waals surface area contributed by atoms with Crippen molar-refractivity contribution < 1.29 is 4.74 Å². The van der Waals surface area contributed by atoms with Gasteiger partial charge < -0.3 is 14.5 Å². The molecule has 0 amide bonds. The van der Waals surface area contributed by atoms with Gasteiger partial charge in [0.05, 0.1) is 36.2 Å². The third-order valence-electron chi connectivity index (χ3n) is 6.26. The maximum Gasteiger partial charge on any atom is 0.0784 e. The molecule has 0 unspecified atom stereocenters. The fraction of sp³-hybridized carbons (Fsp3) is 0.375. The Balaban J connectivity index is 1.38. The zero-order chi connectivity index (χ0) is 20.5. The number of fused-ring (bicyclic) bond motifs is 1. The van der Waals surface area contributed by atoms with E-state index in [1.165, 1.54) is 28.2 Å². The van der Waals surface area contributed by atoms with Crippen LogP contribution in [0.4, 0.5) is 11.4 Å². The molecule has 0 bridgehead atoms. The fourth-order valence-corrected chi connectivity index (χ4v) is 4.80. The van der Waals surface area contributed by atoms with Gasteiger partial charge in [-0.1, -0.05) is 41.9 Å². The van der Waals surface area contributed by atoms with E-state index in [1.54, 1.807) is 0 Å². The van der Waals surface area contributed by atoms with Gasteiger partial charge >= 0.3 is 0 Å². The summed E-state index contributed by atoms with van der Waals surface area (Å²) in [6.45, 7) is 8.45. The Bertz CT molecular complexity index is 996. The number of para-hydroxylation sites is 2. The van der Waals surface area contributed by atoms with E-state index in [4.69, 9.17) is 21.4 Å². The molecule has 3 aliphatic rings. The second-order valence-electron chi connectivity index (χ2n) is 8.02. The third-order valence-corrected chi connectivity index (χ3v) is 6.58. The van der Waals surface area contributed by atoms with E-state index in [1.807, 2.05) is 29.3 Å². The number of rotatable bonds is 4. The Labute approximate surface area is 183 Å². The summed E-state index contributed by atoms with van der Waals surface area (Å²) in [5.41, 5.74) is 7.55. The molecule has 5 nitrogen and oxygen atoms in total. The number of nitrogens with zero attached hydrogens (tertiary/aromatic N) is 4. The second kappa shape index (κ2) is 8.32. The Morgan fingerprint density at radius 3 is 2.50 bits per heavy atom. The van der Waals surface area contributed by atoms with Crippen LogP contribution in [0.1, 0.15) is 18.9 Å². The predicted molar refractivity (Wildman–Crippen MR) is 123 cm³/mol. The first kappa shape index (κ1) is 19.5. The summed E-state index contributed by atoms with van der Waals surface area (Å²) in [5.74, 6) is 0. The third kappa shape index (κ3) is 3.68. The molecule has 0 saturated carbocycles. The first-order chi connectivity index (χ1) is 14.7. The van der Waals surface area contributed by atoms with Crippen LogP contribution in [0.15, 0.2) is 64.9 Å². The van der Waals surface area contributed by atoms with Gasteiger partial charge in [0.2, 0.25) is 0 Å². The Kier molecular flexibility index (Phi) is 5.40. The minimum Gasteiger partial charge on any atom is -0.378 e. The van der Waals surface area contributed by atoms with Gasteiger partial charge in [-0.05, 0) is 30.7 Å². The lowest BCUT2D eigenvalue weighted by Gasteiger charge is -2.34. The zero-order valence-corrected chi connectivity index (χ0v) is 18.1. The topological polar surface area (TPSA) is 31.3 Å². The number of anilines is 2. The maximum absolute atomic E-state index is 6.41. The molecule has 5 rings (SSSR count). The molecule has 2 aromatic rings. The SMILES string of the molecule is CC1=C2CN(c3ccccc3Cl)N=C2CCN1Cc1ccccc1N1CCOCC1. The monoisotopic (exact) mass is 422 g/mol. The molecule has 0 spiro atoms. The lowest BCUT2D eigenvalue weighted by Crippen LogP contribution is -2.37. The summed E-state index contributed by atoms with van der Waals surface area (Å²) >= 11 is 6.41. The van der Waals surface area contributed by atoms with Crippen molar-refractivity contribution in [1.82, 2.24) is 4.90 Å². The molecule has 30 heavy (non-hydrogen) atoms. The van der Waals surface area contributed by atoms with Crippen LogP contribution in [0.2, 0.25) is 5.02 Å². The molecule has 3 heterocycles. The quantitative estimate of drug-likeness (QED) is 0.724. The summed E-state index contributed by atoms with van der Waals surface area (Å²) in [6, 6.07) is 16.7. The molecule has 1 saturated heterocycles. The summed E-state index contributed by atoms with van der Waals surface area (Å²) < 4.78 is 5.54. The predicted octanol–water partition coefficient (Wildman–Crippen LogP) is 4.53. The Hall–Kier alpha value is -2.50. The van der Waals surface area contributed by atoms with Crippen molar-refractivity contribution in [2.24, 2.45) is 5.10 Å². The Morgan fingerprint density at radius 1 is 0.967 bits per heavy atom. The summed E-state index contributed by atoms with van der Waals surface area (Å²) in [4.78, 5) is 4.95. The lowest BCUT2D eigenvalue weighted by molar-refractivity contribution is 0.122. The number of halogens is 1. The smallest absolute Gasteiger partial charge is 0.0784 e. The van der Waals surface area contributed by atoms with Crippen LogP contribution in [0.3, 0.4) is 0 Å². The molecule has 0 aliphatic carbocycles. The lowest BCUT2D eigenvalue weighted by atomic mass is 10.00. The first-order valence-electron chi connectivity index (χ1n) is 10.7. The van der Waals surface area contributed by atoms with Crippen LogP contribution < -0.4 is 9.91 Å². The van der Waals surface area contributed by atoms with Gasteiger partial charge in [0.15, 0.2) is 0 Å². The van der Waals surface area contributed by atoms with Crippen molar-refractivity contribution in [3.8, 4) is 0 Å². The van der Waals surface area contributed by atoms with Crippen molar-refractivity contribution in [2.45, 2.75) is 19.9 Å². The van der Waals surface area contributed by atoms with E-state index < -0.39 is 0 Å². The highest BCUT2D eigenvalue weighted by Crippen LogP contribution is 2.34. The highest BCUT2D eigenvalue weighted by molar-refractivity contribution is 6.33. The van der Waals surface area contributed by atoms with E-state index in [9.17, 15) is 0 Å². The molecule has 0 aromatic heterocycles. The molecule has 0 N–H and O–H groups in total. The van der Waals surface area contributed by atoms with Crippen LogP contribution in [0, 0.1) is 0 Å². The zero-order valence-electron chi connectivity index (χ0n) is 17.4. The van der Waals surface area contributed by atoms with Gasteiger partial charge in [-0.3, -0.25) is 5.01 Å². The van der Waals surface area contributed by atoms with Gasteiger partial charge in [-0.25, -0.2) is 0 Å². The van der Waals surface area contributed by atoms with Gasteiger partial charge in [0.25, 0.3) is 0 Å². The van der Waals surface area contributed by atoms with Crippen molar-refractivity contribution >= 4 is 28.7 Å². The van der Waals surface area contributed by atoms with Crippen molar-refractivity contribution in [2.75, 3.05) is 49.3 Å². The van der Waals surface area contributed by atoms with E-state index >= 15 is 0 Å². The highest BCUT2D eigenvalue weighted by atomic mass is 35.5. The maximum atomic E-state index is 6.41. The molecular formula is C24H27ClN4O. The van der Waals surface area contributed by atoms with Gasteiger partial charge in [-0.15, -0.1) is 0 Å². The molecule has 2 aromatic carbocycles. The van der Waals surface area contributed by atoms with Gasteiger partial charge in [0, 0.05) is 49.6 Å². The average molecular weight is 423 g/mol. The van der Waals surface area contributed by atoms with Crippen LogP contribution >= 0.6 is 11.6 Å². The number of hydrogen-bond donors (Lipinski definition) is 0. The molecule has 3 aliphatic heterocycles. The standard InChI is InChI=1S/C24H27ClN4O/c1-18-20-17-29(24-9-5-3-7-21(24)25)26-22(20)10-11-28(18)16-19-6-2-4-8-23(19)27-12-14-30-15-13-27/h2-9H,10-17H2,1H3. The van der Waals surface area contributed by atoms with E-state index in [0.29, 0.717) is 0 Å². The fourth-order valence-electron chi connectivity index (χ4n) is 4.57. The van der Waals surface area contributed by atoms with Crippen molar-refractivity contribution in [1.29, 1.82) is 0 Å². The Morgan fingerprint density at radius 2 is 1.70 bits per heavy atom. The minimum absolute atomic E-state index is 0.745. The van der Waals surface area contributed by atoms with Crippen LogP contribution in [-0.4, -0.2) is 50.0 Å². The summed E-state index contributed by atoms with van der Waals surface area (Å²) in [5, 5.41) is 7.67. The van der Waals surface area contributed by atoms with E-state index in [0.717, 1.165) is 63.1 Å². The number of hydrogen-bond acceptors (Lipinski definition) is 5. The number of allylic oxidation sites excluding steroid dienone is 1. The number of morpholine rings is 1. The van der Waals surface area contributed by atoms with E-state index in [-0.39, 0.29) is 0 Å². The van der Waals surface area contributed by atoms with Crippen LogP contribution in [-0.2, 0) is 11.3 Å². The molecule has 1 fully saturated rings. The molecule has 0 atom stereocenters. The summed E-state index contributed by atoms with van der Waals surface area (Å²) in [6.07, 6.45) is 0.966. The van der Waals surface area contributed by atoms with E-state index in [2.05, 4.69) is 41.0 Å². The van der Waals surface area contributed by atoms with Crippen molar-refractivity contribution in [3.63, 3.8) is 0 Å². The molecular weight excluding hydrogens is 396 g/mol. The van der Waals surface area contributed by atoms with Crippen LogP contribution in [0.25, 0.3) is 0 Å². The van der Waals surface area contributed by atoms with Crippen LogP contribution in [0.5, 0.6) is 0 Å². The number of ether oxygens (including phenoxy) is 1. The molecule has 6 heteroatoms. The number of hydrazone groups is 1. The second-order valence-corrected chi connectivity index (χ2v) is 8.43. The largest absolute Gasteiger partial charge is 0.378 e. The number of benzene rings is 2. The van der Waals surface area contributed by atoms with Gasteiger partial charge in [0.1, 0.15) is 0 Å². The highest BCUT2D eigenvalue weighted by Gasteiger charge is 2.30. The van der Waals surface area contributed by atoms with Crippen molar-refractivity contribution in [3.05, 3.63) is 70.4 Å².